The fourth-order valence-electron chi connectivity index (χ4n) is 4.34. The molecule has 0 unspecified atom stereocenters. The minimum absolute atomic E-state index is 0.0576. The van der Waals surface area contributed by atoms with Crippen LogP contribution in [-0.4, -0.2) is 21.1 Å². The number of phenols is 2. The second-order valence-corrected chi connectivity index (χ2v) is 8.04. The number of fused-ring (bicyclic) bond motifs is 1. The van der Waals surface area contributed by atoms with Gasteiger partial charge >= 0.3 is 0 Å². The number of hydrogen-bond donors (Lipinski definition) is 4. The van der Waals surface area contributed by atoms with Gasteiger partial charge in [-0.05, 0) is 42.0 Å². The van der Waals surface area contributed by atoms with Gasteiger partial charge in [-0.2, -0.15) is 0 Å². The van der Waals surface area contributed by atoms with Gasteiger partial charge in [-0.1, -0.05) is 38.3 Å². The first kappa shape index (κ1) is 19.1. The number of nitrogens with one attached hydrogen (secondary N) is 2. The molecule has 4 rings (SSSR count). The molecule has 0 atom stereocenters. The molecule has 150 valence electrons. The molecule has 1 aromatic heterocycles. The van der Waals surface area contributed by atoms with E-state index in [2.05, 4.69) is 17.2 Å². The molecule has 1 saturated carbocycles. The van der Waals surface area contributed by atoms with Gasteiger partial charge < -0.3 is 20.5 Å². The van der Waals surface area contributed by atoms with Crippen LogP contribution in [0, 0.1) is 0 Å². The molecular weight excluding hydrogens is 368 g/mol. The number of carbonyl (C=O) groups excluding carboxylic acids is 1. The Hall–Kier alpha value is -3.28. The zero-order valence-corrected chi connectivity index (χ0v) is 16.3. The Morgan fingerprint density at radius 1 is 1.07 bits per heavy atom. The largest absolute Gasteiger partial charge is 0.508 e. The summed E-state index contributed by atoms with van der Waals surface area (Å²) in [5, 5.41) is 23.3. The maximum atomic E-state index is 12.7. The Morgan fingerprint density at radius 3 is 2.55 bits per heavy atom. The molecule has 0 aliphatic heterocycles. The predicted molar refractivity (Wildman–Crippen MR) is 113 cm³/mol. The van der Waals surface area contributed by atoms with E-state index in [0.717, 1.165) is 31.2 Å². The lowest BCUT2D eigenvalue weighted by atomic mass is 9.70. The number of H-pyrrole nitrogens is 1. The van der Waals surface area contributed by atoms with Crippen LogP contribution in [0.2, 0.25) is 0 Å². The molecule has 1 amide bonds. The van der Waals surface area contributed by atoms with Gasteiger partial charge in [-0.15, -0.1) is 0 Å². The van der Waals surface area contributed by atoms with E-state index in [1.807, 2.05) is 6.07 Å². The zero-order chi connectivity index (χ0) is 20.6. The summed E-state index contributed by atoms with van der Waals surface area (Å²) in [5.74, 6) is -0.634. The molecule has 6 nitrogen and oxygen atoms in total. The lowest BCUT2D eigenvalue weighted by Crippen LogP contribution is -2.25. The van der Waals surface area contributed by atoms with Crippen molar-refractivity contribution in [3.05, 3.63) is 63.9 Å². The van der Waals surface area contributed by atoms with Crippen molar-refractivity contribution >= 4 is 22.5 Å². The quantitative estimate of drug-likeness (QED) is 0.530. The maximum Gasteiger partial charge on any atom is 0.261 e. The van der Waals surface area contributed by atoms with E-state index in [1.54, 1.807) is 18.2 Å². The van der Waals surface area contributed by atoms with Crippen LogP contribution in [0.15, 0.2) is 47.4 Å². The van der Waals surface area contributed by atoms with Crippen molar-refractivity contribution in [2.45, 2.75) is 44.4 Å². The highest BCUT2D eigenvalue weighted by Gasteiger charge is 2.31. The van der Waals surface area contributed by atoms with Crippen LogP contribution in [0.4, 0.5) is 5.69 Å². The number of hydrogen-bond acceptors (Lipinski definition) is 4. The van der Waals surface area contributed by atoms with Crippen LogP contribution in [0.5, 0.6) is 11.5 Å². The zero-order valence-electron chi connectivity index (χ0n) is 16.3. The van der Waals surface area contributed by atoms with E-state index in [-0.39, 0.29) is 27.9 Å². The van der Waals surface area contributed by atoms with E-state index in [0.29, 0.717) is 11.2 Å². The molecule has 2 aromatic carbocycles. The molecule has 0 bridgehead atoms. The molecular formula is C23H24N2O4. The Balaban J connectivity index is 1.62. The second-order valence-electron chi connectivity index (χ2n) is 8.04. The third-order valence-electron chi connectivity index (χ3n) is 5.99. The number of phenolic OH excluding ortho intramolecular Hbond substituents is 2. The van der Waals surface area contributed by atoms with Gasteiger partial charge in [0.05, 0.1) is 10.9 Å². The summed E-state index contributed by atoms with van der Waals surface area (Å²) in [6.07, 6.45) is 6.90. The van der Waals surface area contributed by atoms with Gasteiger partial charge in [0.1, 0.15) is 17.1 Å². The Bertz CT molecular complexity index is 1140. The van der Waals surface area contributed by atoms with Crippen LogP contribution in [0.3, 0.4) is 0 Å². The summed E-state index contributed by atoms with van der Waals surface area (Å²) in [4.78, 5) is 28.2. The lowest BCUT2D eigenvalue weighted by Gasteiger charge is -2.34. The Morgan fingerprint density at radius 2 is 1.83 bits per heavy atom. The van der Waals surface area contributed by atoms with E-state index >= 15 is 0 Å². The fraction of sp³-hybridized carbons (Fsp3) is 0.304. The van der Waals surface area contributed by atoms with Gasteiger partial charge in [0.25, 0.3) is 5.91 Å². The molecule has 6 heteroatoms. The number of amides is 1. The third-order valence-corrected chi connectivity index (χ3v) is 5.99. The van der Waals surface area contributed by atoms with E-state index < -0.39 is 11.3 Å². The van der Waals surface area contributed by atoms with Crippen molar-refractivity contribution in [3.63, 3.8) is 0 Å². The topological polar surface area (TPSA) is 102 Å². The number of aromatic nitrogens is 1. The summed E-state index contributed by atoms with van der Waals surface area (Å²) < 4.78 is 0. The molecule has 0 saturated heterocycles. The molecule has 1 heterocycles. The van der Waals surface area contributed by atoms with Crippen molar-refractivity contribution in [1.82, 2.24) is 4.98 Å². The third kappa shape index (κ3) is 3.46. The average molecular weight is 392 g/mol. The van der Waals surface area contributed by atoms with Crippen molar-refractivity contribution in [3.8, 4) is 11.5 Å². The number of aromatic hydroxyl groups is 2. The predicted octanol–water partition coefficient (Wildman–Crippen LogP) is 4.41. The second kappa shape index (κ2) is 7.28. The van der Waals surface area contributed by atoms with Crippen molar-refractivity contribution in [2.75, 3.05) is 5.32 Å². The van der Waals surface area contributed by atoms with Gasteiger partial charge in [0.2, 0.25) is 5.43 Å². The van der Waals surface area contributed by atoms with Crippen molar-refractivity contribution in [1.29, 1.82) is 0 Å². The SMILES string of the molecule is CC1(c2ccc(NC(=O)c3c[nH]c4cccc(O)c4c3=O)cc2O)CCCCC1. The number of aromatic amines is 1. The number of benzene rings is 2. The molecule has 29 heavy (non-hydrogen) atoms. The summed E-state index contributed by atoms with van der Waals surface area (Å²) in [7, 11) is 0. The molecule has 4 N–H and O–H groups in total. The standard InChI is InChI=1S/C23H24N2O4/c1-23(10-3-2-4-11-23)16-9-8-14(12-19(16)27)25-22(29)15-13-24-17-6-5-7-18(26)20(17)21(15)28/h5-9,12-13,26-27H,2-4,10-11H2,1H3,(H,24,28)(H,25,29). The van der Waals surface area contributed by atoms with Crippen LogP contribution in [0.1, 0.15) is 54.9 Å². The molecule has 0 spiro atoms. The first-order chi connectivity index (χ1) is 13.9. The van der Waals surface area contributed by atoms with Crippen LogP contribution in [0.25, 0.3) is 10.9 Å². The number of rotatable bonds is 3. The summed E-state index contributed by atoms with van der Waals surface area (Å²) in [5.41, 5.74) is 1.04. The van der Waals surface area contributed by atoms with Gasteiger partial charge in [-0.25, -0.2) is 0 Å². The van der Waals surface area contributed by atoms with Gasteiger partial charge in [0, 0.05) is 18.0 Å². The highest BCUT2D eigenvalue weighted by atomic mass is 16.3. The van der Waals surface area contributed by atoms with E-state index in [1.165, 1.54) is 24.8 Å². The number of carbonyl (C=O) groups is 1. The molecule has 1 fully saturated rings. The van der Waals surface area contributed by atoms with Crippen LogP contribution in [-0.2, 0) is 5.41 Å². The summed E-state index contributed by atoms with van der Waals surface area (Å²) >= 11 is 0. The normalized spacial score (nSPS) is 15.9. The summed E-state index contributed by atoms with van der Waals surface area (Å²) in [6.45, 7) is 2.17. The van der Waals surface area contributed by atoms with Crippen molar-refractivity contribution < 1.29 is 15.0 Å². The summed E-state index contributed by atoms with van der Waals surface area (Å²) in [6, 6.07) is 9.80. The number of pyridine rings is 1. The average Bonchev–Trinajstić information content (AvgIpc) is 2.68. The first-order valence-corrected chi connectivity index (χ1v) is 9.87. The minimum atomic E-state index is -0.604. The Labute approximate surface area is 168 Å². The van der Waals surface area contributed by atoms with Crippen LogP contribution >= 0.6 is 0 Å². The van der Waals surface area contributed by atoms with Crippen LogP contribution < -0.4 is 10.7 Å². The highest BCUT2D eigenvalue weighted by molar-refractivity contribution is 6.06. The minimum Gasteiger partial charge on any atom is -0.508 e. The molecule has 1 aliphatic carbocycles. The highest BCUT2D eigenvalue weighted by Crippen LogP contribution is 2.43. The molecule has 1 aliphatic rings. The van der Waals surface area contributed by atoms with E-state index in [4.69, 9.17) is 0 Å². The Kier molecular flexibility index (Phi) is 4.78. The van der Waals surface area contributed by atoms with Crippen molar-refractivity contribution in [2.24, 2.45) is 0 Å². The monoisotopic (exact) mass is 392 g/mol. The first-order valence-electron chi connectivity index (χ1n) is 9.87. The van der Waals surface area contributed by atoms with Gasteiger partial charge in [0.15, 0.2) is 0 Å². The lowest BCUT2D eigenvalue weighted by molar-refractivity contribution is 0.102. The fourth-order valence-corrected chi connectivity index (χ4v) is 4.34. The maximum absolute atomic E-state index is 12.7. The smallest absolute Gasteiger partial charge is 0.261 e. The van der Waals surface area contributed by atoms with E-state index in [9.17, 15) is 19.8 Å². The molecule has 3 aromatic rings. The van der Waals surface area contributed by atoms with Gasteiger partial charge in [-0.3, -0.25) is 9.59 Å². The molecule has 0 radical (unpaired) electrons. The number of anilines is 1.